The summed E-state index contributed by atoms with van der Waals surface area (Å²) >= 11 is 0.912. The number of thiophene rings is 1. The van der Waals surface area contributed by atoms with E-state index in [1.807, 2.05) is 0 Å². The van der Waals surface area contributed by atoms with Crippen molar-refractivity contribution in [1.29, 1.82) is 0 Å². The van der Waals surface area contributed by atoms with Gasteiger partial charge in [-0.25, -0.2) is 9.78 Å². The predicted molar refractivity (Wildman–Crippen MR) is 69.4 cm³/mol. The predicted octanol–water partition coefficient (Wildman–Crippen LogP) is 3.08. The number of nitrogens with zero attached hydrogens (tertiary/aromatic N) is 1. The minimum atomic E-state index is -3.23. The molecule has 2 heterocycles. The lowest BCUT2D eigenvalue weighted by atomic mass is 10.0. The molecule has 0 amide bonds. The number of hydrogen-bond acceptors (Lipinski definition) is 5. The van der Waals surface area contributed by atoms with E-state index in [4.69, 9.17) is 4.74 Å². The van der Waals surface area contributed by atoms with Crippen LogP contribution < -0.4 is 4.74 Å². The minimum Gasteiger partial charge on any atom is -0.481 e. The zero-order chi connectivity index (χ0) is 14.8. The monoisotopic (exact) mass is 299 g/mol. The zero-order valence-corrected chi connectivity index (χ0v) is 11.5. The van der Waals surface area contributed by atoms with Gasteiger partial charge in [-0.1, -0.05) is 0 Å². The summed E-state index contributed by atoms with van der Waals surface area (Å²) in [6.45, 7) is 0. The van der Waals surface area contributed by atoms with Crippen LogP contribution in [-0.4, -0.2) is 25.2 Å². The highest BCUT2D eigenvalue weighted by Gasteiger charge is 2.36. The fourth-order valence-electron chi connectivity index (χ4n) is 1.56. The number of aromatic nitrogens is 1. The number of hydrogen-bond donors (Lipinski definition) is 0. The standard InChI is InChI=1S/C13H11F2NO3S/c1-18-11-4-3-8(6-16-11)13(14,15)9-5-10(20-7-9)12(17)19-2/h3-7H,1-2H3. The summed E-state index contributed by atoms with van der Waals surface area (Å²) in [7, 11) is 2.61. The number of halogens is 2. The molecule has 0 fully saturated rings. The summed E-state index contributed by atoms with van der Waals surface area (Å²) in [6, 6.07) is 3.72. The number of carbonyl (C=O) groups excluding carboxylic acids is 1. The second-order valence-corrected chi connectivity index (χ2v) is 4.77. The van der Waals surface area contributed by atoms with Crippen molar-refractivity contribution in [2.45, 2.75) is 5.92 Å². The first-order valence-electron chi connectivity index (χ1n) is 5.54. The molecule has 20 heavy (non-hydrogen) atoms. The van der Waals surface area contributed by atoms with E-state index in [1.54, 1.807) is 0 Å². The van der Waals surface area contributed by atoms with Gasteiger partial charge >= 0.3 is 11.9 Å². The number of methoxy groups -OCH3 is 2. The highest BCUT2D eigenvalue weighted by molar-refractivity contribution is 7.12. The molecule has 0 saturated heterocycles. The fraction of sp³-hybridized carbons (Fsp3) is 0.231. The van der Waals surface area contributed by atoms with Crippen molar-refractivity contribution in [3.8, 4) is 5.88 Å². The van der Waals surface area contributed by atoms with Crippen LogP contribution in [0.5, 0.6) is 5.88 Å². The van der Waals surface area contributed by atoms with Crippen LogP contribution in [-0.2, 0) is 10.7 Å². The maximum absolute atomic E-state index is 14.3. The first kappa shape index (κ1) is 14.4. The molecule has 0 unspecified atom stereocenters. The van der Waals surface area contributed by atoms with Crippen LogP contribution in [0.1, 0.15) is 20.8 Å². The topological polar surface area (TPSA) is 48.4 Å². The Morgan fingerprint density at radius 1 is 1.30 bits per heavy atom. The molecule has 0 aromatic carbocycles. The van der Waals surface area contributed by atoms with E-state index in [0.29, 0.717) is 0 Å². The molecule has 2 aromatic rings. The lowest BCUT2D eigenvalue weighted by Gasteiger charge is -2.15. The molecule has 0 aliphatic rings. The Morgan fingerprint density at radius 2 is 2.05 bits per heavy atom. The Hall–Kier alpha value is -2.02. The average molecular weight is 299 g/mol. The largest absolute Gasteiger partial charge is 0.481 e. The van der Waals surface area contributed by atoms with Crippen molar-refractivity contribution in [1.82, 2.24) is 4.98 Å². The van der Waals surface area contributed by atoms with Gasteiger partial charge in [0.05, 0.1) is 14.2 Å². The second-order valence-electron chi connectivity index (χ2n) is 3.85. The fourth-order valence-corrected chi connectivity index (χ4v) is 2.41. The number of pyridine rings is 1. The van der Waals surface area contributed by atoms with Crippen LogP contribution in [0, 0.1) is 0 Å². The van der Waals surface area contributed by atoms with Gasteiger partial charge in [-0.2, -0.15) is 8.78 Å². The van der Waals surface area contributed by atoms with Gasteiger partial charge in [0.25, 0.3) is 0 Å². The van der Waals surface area contributed by atoms with Crippen molar-refractivity contribution in [3.05, 3.63) is 45.8 Å². The van der Waals surface area contributed by atoms with Crippen LogP contribution in [0.4, 0.5) is 8.78 Å². The molecule has 2 aromatic heterocycles. The van der Waals surface area contributed by atoms with Gasteiger partial charge < -0.3 is 9.47 Å². The Morgan fingerprint density at radius 3 is 2.60 bits per heavy atom. The molecule has 4 nitrogen and oxygen atoms in total. The molecular formula is C13H11F2NO3S. The molecule has 0 aliphatic carbocycles. The molecule has 0 spiro atoms. The number of rotatable bonds is 4. The first-order valence-corrected chi connectivity index (χ1v) is 6.42. The summed E-state index contributed by atoms with van der Waals surface area (Å²) in [6.07, 6.45) is 1.05. The Kier molecular flexibility index (Phi) is 3.99. The lowest BCUT2D eigenvalue weighted by Crippen LogP contribution is -2.14. The van der Waals surface area contributed by atoms with Crippen molar-refractivity contribution in [3.63, 3.8) is 0 Å². The van der Waals surface area contributed by atoms with E-state index in [1.165, 1.54) is 31.7 Å². The number of ether oxygens (including phenoxy) is 2. The van der Waals surface area contributed by atoms with Gasteiger partial charge in [0.15, 0.2) is 0 Å². The lowest BCUT2D eigenvalue weighted by molar-refractivity contribution is 0.0427. The second kappa shape index (κ2) is 5.54. The van der Waals surface area contributed by atoms with Crippen LogP contribution >= 0.6 is 11.3 Å². The van der Waals surface area contributed by atoms with Gasteiger partial charge in [-0.05, 0) is 12.1 Å². The van der Waals surface area contributed by atoms with Crippen molar-refractivity contribution in [2.75, 3.05) is 14.2 Å². The highest BCUT2D eigenvalue weighted by atomic mass is 32.1. The SMILES string of the molecule is COC(=O)c1cc(C(F)(F)c2ccc(OC)nc2)cs1. The molecule has 0 N–H and O–H groups in total. The van der Waals surface area contributed by atoms with Gasteiger partial charge in [0.2, 0.25) is 5.88 Å². The molecule has 0 aliphatic heterocycles. The molecule has 0 saturated carbocycles. The minimum absolute atomic E-state index is 0.128. The molecule has 106 valence electrons. The number of carbonyl (C=O) groups is 1. The maximum atomic E-state index is 14.3. The Balaban J connectivity index is 2.33. The molecule has 2 rings (SSSR count). The molecule has 0 bridgehead atoms. The third-order valence-electron chi connectivity index (χ3n) is 2.66. The highest BCUT2D eigenvalue weighted by Crippen LogP contribution is 2.38. The summed E-state index contributed by atoms with van der Waals surface area (Å²) in [5.41, 5.74) is -0.539. The number of esters is 1. The van der Waals surface area contributed by atoms with Gasteiger partial charge in [-0.3, -0.25) is 0 Å². The molecule has 7 heteroatoms. The summed E-state index contributed by atoms with van der Waals surface area (Å²) in [5, 5.41) is 1.23. The van der Waals surface area contributed by atoms with Crippen LogP contribution in [0.2, 0.25) is 0 Å². The third-order valence-corrected chi connectivity index (χ3v) is 3.57. The van der Waals surface area contributed by atoms with E-state index >= 15 is 0 Å². The van der Waals surface area contributed by atoms with E-state index in [2.05, 4.69) is 9.72 Å². The number of alkyl halides is 2. The van der Waals surface area contributed by atoms with Crippen molar-refractivity contribution >= 4 is 17.3 Å². The van der Waals surface area contributed by atoms with Crippen LogP contribution in [0.15, 0.2) is 29.8 Å². The normalized spacial score (nSPS) is 11.2. The summed E-state index contributed by atoms with van der Waals surface area (Å²) in [4.78, 5) is 15.2. The molecule has 0 radical (unpaired) electrons. The van der Waals surface area contributed by atoms with Gasteiger partial charge in [0.1, 0.15) is 4.88 Å². The Bertz CT molecular complexity index is 610. The molecule has 0 atom stereocenters. The van der Waals surface area contributed by atoms with Crippen LogP contribution in [0.25, 0.3) is 0 Å². The van der Waals surface area contributed by atoms with Gasteiger partial charge in [0, 0.05) is 28.8 Å². The molecular weight excluding hydrogens is 288 g/mol. The summed E-state index contributed by atoms with van der Waals surface area (Å²) < 4.78 is 37.9. The van der Waals surface area contributed by atoms with Crippen LogP contribution in [0.3, 0.4) is 0 Å². The third kappa shape index (κ3) is 2.62. The maximum Gasteiger partial charge on any atom is 0.348 e. The van der Waals surface area contributed by atoms with E-state index in [-0.39, 0.29) is 21.9 Å². The van der Waals surface area contributed by atoms with Crippen molar-refractivity contribution < 1.29 is 23.0 Å². The quantitative estimate of drug-likeness (QED) is 0.814. The van der Waals surface area contributed by atoms with Crippen molar-refractivity contribution in [2.24, 2.45) is 0 Å². The zero-order valence-electron chi connectivity index (χ0n) is 10.7. The first-order chi connectivity index (χ1) is 9.48. The van der Waals surface area contributed by atoms with E-state index in [9.17, 15) is 13.6 Å². The average Bonchev–Trinajstić information content (AvgIpc) is 2.97. The van der Waals surface area contributed by atoms with E-state index in [0.717, 1.165) is 23.6 Å². The smallest absolute Gasteiger partial charge is 0.348 e. The van der Waals surface area contributed by atoms with Gasteiger partial charge in [-0.15, -0.1) is 11.3 Å². The summed E-state index contributed by atoms with van der Waals surface area (Å²) in [5.74, 6) is -3.61. The Labute approximate surface area is 118 Å². The van der Waals surface area contributed by atoms with E-state index < -0.39 is 11.9 Å².